The summed E-state index contributed by atoms with van der Waals surface area (Å²) in [6.07, 6.45) is 1.76. The van der Waals surface area contributed by atoms with Gasteiger partial charge in [0.25, 0.3) is 5.91 Å². The zero-order chi connectivity index (χ0) is 13.1. The number of nitrogens with two attached hydrogens (primary N) is 1. The van der Waals surface area contributed by atoms with Crippen molar-refractivity contribution in [3.05, 3.63) is 23.8 Å². The Bertz CT molecular complexity index is 448. The van der Waals surface area contributed by atoms with E-state index >= 15 is 0 Å². The van der Waals surface area contributed by atoms with E-state index in [2.05, 4.69) is 0 Å². The highest BCUT2D eigenvalue weighted by atomic mass is 16.5. The fourth-order valence-corrected chi connectivity index (χ4v) is 2.30. The van der Waals surface area contributed by atoms with Gasteiger partial charge in [-0.15, -0.1) is 0 Å². The van der Waals surface area contributed by atoms with E-state index in [0.29, 0.717) is 23.5 Å². The van der Waals surface area contributed by atoms with Gasteiger partial charge in [-0.2, -0.15) is 0 Å². The summed E-state index contributed by atoms with van der Waals surface area (Å²) in [4.78, 5) is 14.1. The smallest absolute Gasteiger partial charge is 0.256 e. The number of carbonyl (C=O) groups excluding carboxylic acids is 1. The van der Waals surface area contributed by atoms with Crippen molar-refractivity contribution in [3.8, 4) is 5.75 Å². The van der Waals surface area contributed by atoms with Crippen LogP contribution in [0, 0.1) is 0 Å². The molecule has 0 saturated carbocycles. The van der Waals surface area contributed by atoms with E-state index in [0.717, 1.165) is 12.8 Å². The second-order valence-electron chi connectivity index (χ2n) is 4.43. The number of aliphatic hydroxyl groups is 1. The van der Waals surface area contributed by atoms with Crippen LogP contribution in [-0.4, -0.2) is 42.2 Å². The van der Waals surface area contributed by atoms with Gasteiger partial charge in [-0.1, -0.05) is 0 Å². The van der Waals surface area contributed by atoms with Crippen LogP contribution in [-0.2, 0) is 0 Å². The maximum Gasteiger partial charge on any atom is 0.256 e. The van der Waals surface area contributed by atoms with E-state index in [1.807, 2.05) is 0 Å². The molecule has 98 valence electrons. The van der Waals surface area contributed by atoms with Crippen LogP contribution in [0.2, 0.25) is 0 Å². The number of nitrogens with zero attached hydrogens (tertiary/aromatic N) is 1. The molecule has 1 heterocycles. The standard InChI is InChI=1S/C13H18N2O3/c1-18-10-4-5-12(14)11(7-10)13(17)15-6-2-3-9(15)8-16/h4-5,7,9,16H,2-3,6,8,14H2,1H3/t9-/m1/s1. The number of methoxy groups -OCH3 is 1. The zero-order valence-corrected chi connectivity index (χ0v) is 10.4. The first-order valence-electron chi connectivity index (χ1n) is 6.02. The van der Waals surface area contributed by atoms with E-state index in [1.54, 1.807) is 30.2 Å². The SMILES string of the molecule is COc1ccc(N)c(C(=O)N2CCC[C@@H]2CO)c1. The van der Waals surface area contributed by atoms with E-state index in [4.69, 9.17) is 10.5 Å². The molecule has 1 aliphatic heterocycles. The van der Waals surface area contributed by atoms with Crippen LogP contribution in [0.5, 0.6) is 5.75 Å². The molecule has 0 aromatic heterocycles. The Hall–Kier alpha value is -1.75. The van der Waals surface area contributed by atoms with E-state index in [-0.39, 0.29) is 18.6 Å². The van der Waals surface area contributed by atoms with Crippen molar-refractivity contribution in [1.29, 1.82) is 0 Å². The molecule has 5 heteroatoms. The maximum absolute atomic E-state index is 12.4. The van der Waals surface area contributed by atoms with Crippen molar-refractivity contribution >= 4 is 11.6 Å². The fraction of sp³-hybridized carbons (Fsp3) is 0.462. The van der Waals surface area contributed by atoms with E-state index < -0.39 is 0 Å². The summed E-state index contributed by atoms with van der Waals surface area (Å²) >= 11 is 0. The summed E-state index contributed by atoms with van der Waals surface area (Å²) in [7, 11) is 1.55. The third-order valence-electron chi connectivity index (χ3n) is 3.34. The van der Waals surface area contributed by atoms with Crippen molar-refractivity contribution < 1.29 is 14.6 Å². The molecule has 2 rings (SSSR count). The number of hydrogen-bond donors (Lipinski definition) is 2. The number of carbonyl (C=O) groups is 1. The van der Waals surface area contributed by atoms with Crippen LogP contribution in [0.3, 0.4) is 0 Å². The molecule has 1 fully saturated rings. The number of aliphatic hydroxyl groups excluding tert-OH is 1. The Morgan fingerprint density at radius 3 is 3.06 bits per heavy atom. The van der Waals surface area contributed by atoms with Gasteiger partial charge >= 0.3 is 0 Å². The average molecular weight is 250 g/mol. The number of rotatable bonds is 3. The predicted octanol–water partition coefficient (Wildman–Crippen LogP) is 0.874. The molecule has 1 atom stereocenters. The molecule has 0 unspecified atom stereocenters. The highest BCUT2D eigenvalue weighted by Gasteiger charge is 2.29. The van der Waals surface area contributed by atoms with Crippen molar-refractivity contribution in [1.82, 2.24) is 4.90 Å². The van der Waals surface area contributed by atoms with Gasteiger partial charge in [-0.05, 0) is 31.0 Å². The quantitative estimate of drug-likeness (QED) is 0.781. The molecular weight excluding hydrogens is 232 g/mol. The summed E-state index contributed by atoms with van der Waals surface area (Å²) in [5, 5.41) is 9.25. The van der Waals surface area contributed by atoms with Crippen LogP contribution < -0.4 is 10.5 Å². The number of hydrogen-bond acceptors (Lipinski definition) is 4. The predicted molar refractivity (Wildman–Crippen MR) is 68.6 cm³/mol. The third-order valence-corrected chi connectivity index (χ3v) is 3.34. The first kappa shape index (κ1) is 12.7. The molecule has 18 heavy (non-hydrogen) atoms. The lowest BCUT2D eigenvalue weighted by Gasteiger charge is -2.23. The Kier molecular flexibility index (Phi) is 3.72. The molecule has 0 bridgehead atoms. The molecule has 0 aliphatic carbocycles. The van der Waals surface area contributed by atoms with Gasteiger partial charge in [0.2, 0.25) is 0 Å². The van der Waals surface area contributed by atoms with Crippen molar-refractivity contribution in [2.24, 2.45) is 0 Å². The minimum Gasteiger partial charge on any atom is -0.497 e. The molecule has 1 aromatic rings. The lowest BCUT2D eigenvalue weighted by Crippen LogP contribution is -2.37. The number of amides is 1. The first-order valence-corrected chi connectivity index (χ1v) is 6.02. The fourth-order valence-electron chi connectivity index (χ4n) is 2.30. The summed E-state index contributed by atoms with van der Waals surface area (Å²) in [5.41, 5.74) is 6.71. The Balaban J connectivity index is 2.27. The van der Waals surface area contributed by atoms with Gasteiger partial charge in [0.05, 0.1) is 25.3 Å². The minimum atomic E-state index is -0.136. The number of likely N-dealkylation sites (tertiary alicyclic amines) is 1. The van der Waals surface area contributed by atoms with Crippen LogP contribution in [0.15, 0.2) is 18.2 Å². The summed E-state index contributed by atoms with van der Waals surface area (Å²) in [6, 6.07) is 4.93. The molecule has 1 saturated heterocycles. The molecule has 0 radical (unpaired) electrons. The molecule has 0 spiro atoms. The highest BCUT2D eigenvalue weighted by Crippen LogP contribution is 2.25. The topological polar surface area (TPSA) is 75.8 Å². The van der Waals surface area contributed by atoms with E-state index in [9.17, 15) is 9.90 Å². The van der Waals surface area contributed by atoms with Crippen LogP contribution >= 0.6 is 0 Å². The van der Waals surface area contributed by atoms with Crippen molar-refractivity contribution in [2.45, 2.75) is 18.9 Å². The number of benzene rings is 1. The normalized spacial score (nSPS) is 19.0. The van der Waals surface area contributed by atoms with Gasteiger partial charge in [-0.3, -0.25) is 4.79 Å². The Morgan fingerprint density at radius 2 is 2.39 bits per heavy atom. The highest BCUT2D eigenvalue weighted by molar-refractivity contribution is 5.99. The summed E-state index contributed by atoms with van der Waals surface area (Å²) < 4.78 is 5.10. The van der Waals surface area contributed by atoms with Crippen LogP contribution in [0.4, 0.5) is 5.69 Å². The molecule has 3 N–H and O–H groups in total. The van der Waals surface area contributed by atoms with Crippen LogP contribution in [0.25, 0.3) is 0 Å². The molecule has 5 nitrogen and oxygen atoms in total. The molecular formula is C13H18N2O3. The van der Waals surface area contributed by atoms with Crippen molar-refractivity contribution in [2.75, 3.05) is 26.0 Å². The minimum absolute atomic E-state index is 0.00435. The number of anilines is 1. The third kappa shape index (κ3) is 2.26. The number of nitrogen functional groups attached to an aromatic ring is 1. The second-order valence-corrected chi connectivity index (χ2v) is 4.43. The monoisotopic (exact) mass is 250 g/mol. The van der Waals surface area contributed by atoms with Gasteiger partial charge in [0.15, 0.2) is 0 Å². The first-order chi connectivity index (χ1) is 8.67. The van der Waals surface area contributed by atoms with Crippen LogP contribution in [0.1, 0.15) is 23.2 Å². The van der Waals surface area contributed by atoms with Gasteiger partial charge in [0.1, 0.15) is 5.75 Å². The van der Waals surface area contributed by atoms with E-state index in [1.165, 1.54) is 0 Å². The number of ether oxygens (including phenoxy) is 1. The van der Waals surface area contributed by atoms with Crippen molar-refractivity contribution in [3.63, 3.8) is 0 Å². The molecule has 1 aliphatic rings. The van der Waals surface area contributed by atoms with Gasteiger partial charge < -0.3 is 20.5 Å². The average Bonchev–Trinajstić information content (AvgIpc) is 2.86. The van der Waals surface area contributed by atoms with Gasteiger partial charge in [-0.25, -0.2) is 0 Å². The maximum atomic E-state index is 12.4. The molecule has 1 aromatic carbocycles. The lowest BCUT2D eigenvalue weighted by molar-refractivity contribution is 0.0678. The largest absolute Gasteiger partial charge is 0.497 e. The second kappa shape index (κ2) is 5.27. The zero-order valence-electron chi connectivity index (χ0n) is 10.4. The Morgan fingerprint density at radius 1 is 1.61 bits per heavy atom. The summed E-state index contributed by atoms with van der Waals surface area (Å²) in [6.45, 7) is 0.663. The summed E-state index contributed by atoms with van der Waals surface area (Å²) in [5.74, 6) is 0.468. The molecule has 1 amide bonds. The Labute approximate surface area is 106 Å². The van der Waals surface area contributed by atoms with Gasteiger partial charge in [0, 0.05) is 12.2 Å². The lowest BCUT2D eigenvalue weighted by atomic mass is 10.1.